The number of hydrogen-bond acceptors (Lipinski definition) is 3. The molecule has 4 rings (SSSR count). The topological polar surface area (TPSA) is 50.3 Å². The number of hydrogen-bond donors (Lipinski definition) is 1. The van der Waals surface area contributed by atoms with Crippen molar-refractivity contribution in [2.45, 2.75) is 62.0 Å². The lowest BCUT2D eigenvalue weighted by atomic mass is 9.90. The van der Waals surface area contributed by atoms with Crippen molar-refractivity contribution in [1.82, 2.24) is 14.5 Å². The van der Waals surface area contributed by atoms with Crippen LogP contribution in [0.1, 0.15) is 45.4 Å². The van der Waals surface area contributed by atoms with Gasteiger partial charge in [-0.1, -0.05) is 28.1 Å². The van der Waals surface area contributed by atoms with Gasteiger partial charge in [0.05, 0.1) is 17.1 Å². The highest BCUT2D eigenvalue weighted by atomic mass is 79.9. The number of aromatic amines is 1. The molecule has 2 fully saturated rings. The van der Waals surface area contributed by atoms with E-state index in [1.54, 1.807) is 0 Å². The average Bonchev–Trinajstić information content (AvgIpc) is 3.00. The van der Waals surface area contributed by atoms with E-state index in [1.165, 1.54) is 25.7 Å². The van der Waals surface area contributed by atoms with E-state index in [1.807, 2.05) is 28.8 Å². The first kappa shape index (κ1) is 20.9. The minimum atomic E-state index is -0.289. The van der Waals surface area contributed by atoms with Crippen LogP contribution in [0.25, 0.3) is 11.0 Å². The SMILES string of the molecule is CCOC1CCC(N2CCC(Br)(n3c(=O)[nH]c4ccccc43)CC2)CC1.Cl. The number of nitrogens with one attached hydrogen (secondary N) is 1. The van der Waals surface area contributed by atoms with Gasteiger partial charge in [-0.25, -0.2) is 4.79 Å². The minimum absolute atomic E-state index is 0. The highest BCUT2D eigenvalue weighted by molar-refractivity contribution is 9.09. The number of nitrogens with zero attached hydrogens (tertiary/aromatic N) is 2. The molecule has 0 radical (unpaired) electrons. The molecule has 2 aliphatic rings. The normalized spacial score (nSPS) is 26.0. The van der Waals surface area contributed by atoms with Crippen LogP contribution in [-0.2, 0) is 9.19 Å². The monoisotopic (exact) mass is 457 g/mol. The number of imidazole rings is 1. The van der Waals surface area contributed by atoms with Crippen LogP contribution in [0.2, 0.25) is 0 Å². The van der Waals surface area contributed by atoms with Gasteiger partial charge in [0, 0.05) is 25.7 Å². The highest BCUT2D eigenvalue weighted by Crippen LogP contribution is 2.39. The van der Waals surface area contributed by atoms with Crippen LogP contribution >= 0.6 is 28.3 Å². The van der Waals surface area contributed by atoms with Crippen molar-refractivity contribution in [3.05, 3.63) is 34.7 Å². The van der Waals surface area contributed by atoms with E-state index in [2.05, 4.69) is 32.7 Å². The number of para-hydroxylation sites is 2. The molecule has 1 aromatic carbocycles. The van der Waals surface area contributed by atoms with Crippen LogP contribution < -0.4 is 5.69 Å². The van der Waals surface area contributed by atoms with Crippen molar-refractivity contribution < 1.29 is 4.74 Å². The van der Waals surface area contributed by atoms with Gasteiger partial charge < -0.3 is 14.6 Å². The number of alkyl halides is 1. The lowest BCUT2D eigenvalue weighted by Crippen LogP contribution is -2.49. The van der Waals surface area contributed by atoms with Crippen molar-refractivity contribution in [3.63, 3.8) is 0 Å². The zero-order valence-corrected chi connectivity index (χ0v) is 18.2. The molecular formula is C20H29BrClN3O2. The molecular weight excluding hydrogens is 430 g/mol. The second-order valence-corrected chi connectivity index (χ2v) is 9.10. The largest absolute Gasteiger partial charge is 0.379 e. The minimum Gasteiger partial charge on any atom is -0.379 e. The van der Waals surface area contributed by atoms with E-state index >= 15 is 0 Å². The molecule has 2 heterocycles. The second-order valence-electron chi connectivity index (χ2n) is 7.62. The first-order chi connectivity index (χ1) is 12.6. The number of fused-ring (bicyclic) bond motifs is 1. The fraction of sp³-hybridized carbons (Fsp3) is 0.650. The van der Waals surface area contributed by atoms with Crippen molar-refractivity contribution in [1.29, 1.82) is 0 Å². The molecule has 0 atom stereocenters. The van der Waals surface area contributed by atoms with E-state index < -0.39 is 0 Å². The molecule has 1 aromatic heterocycles. The van der Waals surface area contributed by atoms with Crippen LogP contribution in [-0.4, -0.2) is 46.3 Å². The summed E-state index contributed by atoms with van der Waals surface area (Å²) in [5, 5.41) is 0. The van der Waals surface area contributed by atoms with Gasteiger partial charge in [-0.3, -0.25) is 4.57 Å². The van der Waals surface area contributed by atoms with Crippen molar-refractivity contribution in [3.8, 4) is 0 Å². The van der Waals surface area contributed by atoms with Gasteiger partial charge in [0.2, 0.25) is 0 Å². The maximum atomic E-state index is 12.6. The predicted molar refractivity (Wildman–Crippen MR) is 115 cm³/mol. The molecule has 2 aromatic rings. The summed E-state index contributed by atoms with van der Waals surface area (Å²) < 4.78 is 7.42. The summed E-state index contributed by atoms with van der Waals surface area (Å²) in [6, 6.07) is 8.62. The number of ether oxygens (including phenoxy) is 1. The molecule has 1 N–H and O–H groups in total. The zero-order valence-electron chi connectivity index (χ0n) is 15.8. The van der Waals surface area contributed by atoms with Gasteiger partial charge in [-0.15, -0.1) is 12.4 Å². The lowest BCUT2D eigenvalue weighted by Gasteiger charge is -2.44. The van der Waals surface area contributed by atoms with Gasteiger partial charge in [0.25, 0.3) is 0 Å². The summed E-state index contributed by atoms with van der Waals surface area (Å²) in [6.45, 7) is 4.96. The summed E-state index contributed by atoms with van der Waals surface area (Å²) >= 11 is 3.93. The fourth-order valence-corrected chi connectivity index (χ4v) is 5.43. The van der Waals surface area contributed by atoms with E-state index in [0.717, 1.165) is 43.6 Å². The Morgan fingerprint density at radius 2 is 1.85 bits per heavy atom. The van der Waals surface area contributed by atoms with E-state index in [9.17, 15) is 4.79 Å². The quantitative estimate of drug-likeness (QED) is 0.697. The molecule has 150 valence electrons. The molecule has 5 nitrogen and oxygen atoms in total. The van der Waals surface area contributed by atoms with Gasteiger partial charge >= 0.3 is 5.69 Å². The number of aromatic nitrogens is 2. The summed E-state index contributed by atoms with van der Waals surface area (Å²) in [4.78, 5) is 18.2. The molecule has 1 aliphatic carbocycles. The molecule has 1 saturated heterocycles. The Morgan fingerprint density at radius 1 is 1.19 bits per heavy atom. The van der Waals surface area contributed by atoms with Crippen LogP contribution in [0.15, 0.2) is 29.1 Å². The third-order valence-corrected chi connectivity index (χ3v) is 7.26. The molecule has 7 heteroatoms. The highest BCUT2D eigenvalue weighted by Gasteiger charge is 2.38. The van der Waals surface area contributed by atoms with Crippen LogP contribution in [0.4, 0.5) is 0 Å². The van der Waals surface area contributed by atoms with Crippen molar-refractivity contribution in [2.24, 2.45) is 0 Å². The third kappa shape index (κ3) is 4.14. The van der Waals surface area contributed by atoms with Gasteiger partial charge in [-0.2, -0.15) is 0 Å². The summed E-state index contributed by atoms with van der Waals surface area (Å²) in [5.74, 6) is 0. The van der Waals surface area contributed by atoms with Gasteiger partial charge in [0.1, 0.15) is 4.45 Å². The summed E-state index contributed by atoms with van der Waals surface area (Å²) in [7, 11) is 0. The van der Waals surface area contributed by atoms with Crippen LogP contribution in [0.3, 0.4) is 0 Å². The Kier molecular flexibility index (Phi) is 6.72. The number of piperidine rings is 1. The van der Waals surface area contributed by atoms with Crippen LogP contribution in [0.5, 0.6) is 0 Å². The third-order valence-electron chi connectivity index (χ3n) is 6.12. The lowest BCUT2D eigenvalue weighted by molar-refractivity contribution is 0.00688. The Labute approximate surface area is 175 Å². The van der Waals surface area contributed by atoms with Gasteiger partial charge in [-0.05, 0) is 57.6 Å². The smallest absolute Gasteiger partial charge is 0.327 e. The van der Waals surface area contributed by atoms with E-state index in [-0.39, 0.29) is 22.5 Å². The Balaban J connectivity index is 0.00000210. The van der Waals surface area contributed by atoms with Crippen LogP contribution in [0, 0.1) is 0 Å². The van der Waals surface area contributed by atoms with Gasteiger partial charge in [0.15, 0.2) is 0 Å². The standard InChI is InChI=1S/C20H28BrN3O2.ClH/c1-2-26-16-9-7-15(8-10-16)23-13-11-20(21,12-14-23)24-18-6-4-3-5-17(18)22-19(24)25;/h3-6,15-16H,2,7-14H2,1H3,(H,22,25);1H. The Bertz CT molecular complexity index is 805. The summed E-state index contributed by atoms with van der Waals surface area (Å²) in [5.41, 5.74) is 1.88. The molecule has 1 aliphatic heterocycles. The molecule has 0 spiro atoms. The molecule has 0 amide bonds. The molecule has 0 bridgehead atoms. The maximum Gasteiger partial charge on any atom is 0.327 e. The number of benzene rings is 1. The number of rotatable bonds is 4. The molecule has 1 saturated carbocycles. The summed E-state index contributed by atoms with van der Waals surface area (Å²) in [6.07, 6.45) is 7.16. The fourth-order valence-electron chi connectivity index (χ4n) is 4.72. The zero-order chi connectivity index (χ0) is 18.1. The van der Waals surface area contributed by atoms with Crippen molar-refractivity contribution >= 4 is 39.4 Å². The average molecular weight is 459 g/mol. The Hall–Kier alpha value is -0.820. The van der Waals surface area contributed by atoms with E-state index in [4.69, 9.17) is 4.74 Å². The van der Waals surface area contributed by atoms with Crippen molar-refractivity contribution in [2.75, 3.05) is 19.7 Å². The van der Waals surface area contributed by atoms with E-state index in [0.29, 0.717) is 12.1 Å². The second kappa shape index (κ2) is 8.68. The molecule has 27 heavy (non-hydrogen) atoms. The molecule has 0 unspecified atom stereocenters. The number of likely N-dealkylation sites (tertiary alicyclic amines) is 1. The first-order valence-electron chi connectivity index (χ1n) is 9.85. The maximum absolute atomic E-state index is 12.6. The number of H-pyrrole nitrogens is 1. The number of halogens is 2. The first-order valence-corrected chi connectivity index (χ1v) is 10.6. The Morgan fingerprint density at radius 3 is 2.52 bits per heavy atom. The predicted octanol–water partition coefficient (Wildman–Crippen LogP) is 4.24.